The number of thioether (sulfide) groups is 1. The van der Waals surface area contributed by atoms with Crippen molar-refractivity contribution in [3.05, 3.63) is 81.4 Å². The molecule has 0 aliphatic carbocycles. The Morgan fingerprint density at radius 1 is 1.13 bits per heavy atom. The van der Waals surface area contributed by atoms with Crippen LogP contribution in [0.1, 0.15) is 5.76 Å². The van der Waals surface area contributed by atoms with E-state index in [1.807, 2.05) is 0 Å². The highest BCUT2D eigenvalue weighted by molar-refractivity contribution is 8.18. The van der Waals surface area contributed by atoms with Crippen molar-refractivity contribution < 1.29 is 18.9 Å². The van der Waals surface area contributed by atoms with E-state index in [1.54, 1.807) is 67.8 Å². The number of para-hydroxylation sites is 1. The van der Waals surface area contributed by atoms with Crippen LogP contribution in [0.4, 0.5) is 16.2 Å². The third-order valence-corrected chi connectivity index (χ3v) is 5.05. The Labute approximate surface area is 175 Å². The molecule has 2 aromatic carbocycles. The molecule has 1 N–H and O–H groups in total. The zero-order chi connectivity index (χ0) is 21.1. The van der Waals surface area contributed by atoms with Gasteiger partial charge < -0.3 is 14.5 Å². The minimum absolute atomic E-state index is 0.0418. The van der Waals surface area contributed by atoms with E-state index in [-0.39, 0.29) is 10.9 Å². The lowest BCUT2D eigenvalue weighted by Gasteiger charge is -2.01. The molecule has 0 saturated carbocycles. The van der Waals surface area contributed by atoms with E-state index in [2.05, 4.69) is 10.3 Å². The number of hydrogen-bond donors (Lipinski definition) is 1. The van der Waals surface area contributed by atoms with Gasteiger partial charge in [-0.25, -0.2) is 4.99 Å². The highest BCUT2D eigenvalue weighted by Gasteiger charge is 2.24. The van der Waals surface area contributed by atoms with Crippen LogP contribution in [-0.4, -0.2) is 23.1 Å². The maximum Gasteiger partial charge on any atom is 0.289 e. The number of hydrogen-bond acceptors (Lipinski definition) is 7. The van der Waals surface area contributed by atoms with Crippen LogP contribution < -0.4 is 10.1 Å². The van der Waals surface area contributed by atoms with E-state index in [0.29, 0.717) is 39.3 Å². The van der Waals surface area contributed by atoms with E-state index in [9.17, 15) is 14.9 Å². The molecule has 4 rings (SSSR count). The molecule has 1 aliphatic rings. The highest BCUT2D eigenvalue weighted by atomic mass is 32.2. The normalized spacial score (nSPS) is 16.1. The molecule has 150 valence electrons. The van der Waals surface area contributed by atoms with Crippen LogP contribution in [0.2, 0.25) is 0 Å². The Morgan fingerprint density at radius 2 is 1.90 bits per heavy atom. The summed E-state index contributed by atoms with van der Waals surface area (Å²) in [5.74, 6) is 1.92. The maximum atomic E-state index is 11.9. The van der Waals surface area contributed by atoms with Crippen LogP contribution in [0, 0.1) is 10.1 Å². The number of aliphatic imine (C=N–C) groups is 1. The number of amides is 1. The largest absolute Gasteiger partial charge is 0.497 e. The van der Waals surface area contributed by atoms with Crippen LogP contribution in [0.25, 0.3) is 17.4 Å². The molecule has 1 fully saturated rings. The molecule has 1 amide bonds. The summed E-state index contributed by atoms with van der Waals surface area (Å²) < 4.78 is 10.9. The Kier molecular flexibility index (Phi) is 5.36. The third kappa shape index (κ3) is 4.11. The number of ether oxygens (including phenoxy) is 1. The summed E-state index contributed by atoms with van der Waals surface area (Å²) in [5.41, 5.74) is 0.993. The fraction of sp³-hybridized carbons (Fsp3) is 0.0476. The van der Waals surface area contributed by atoms with Crippen molar-refractivity contribution in [3.8, 4) is 17.1 Å². The third-order valence-electron chi connectivity index (χ3n) is 4.24. The summed E-state index contributed by atoms with van der Waals surface area (Å²) in [7, 11) is 1.58. The van der Waals surface area contributed by atoms with Crippen LogP contribution >= 0.6 is 11.8 Å². The minimum atomic E-state index is -0.453. The Bertz CT molecular complexity index is 1180. The number of rotatable bonds is 5. The molecule has 0 unspecified atom stereocenters. The van der Waals surface area contributed by atoms with Gasteiger partial charge in [0.2, 0.25) is 0 Å². The first kappa shape index (κ1) is 19.5. The van der Waals surface area contributed by atoms with Crippen molar-refractivity contribution in [1.29, 1.82) is 0 Å². The Morgan fingerprint density at radius 3 is 2.63 bits per heavy atom. The molecule has 30 heavy (non-hydrogen) atoms. The lowest BCUT2D eigenvalue weighted by Crippen LogP contribution is -2.18. The first-order valence-electron chi connectivity index (χ1n) is 8.81. The number of methoxy groups -OCH3 is 1. The second-order valence-electron chi connectivity index (χ2n) is 6.16. The van der Waals surface area contributed by atoms with Gasteiger partial charge in [-0.15, -0.1) is 0 Å². The molecule has 0 spiro atoms. The lowest BCUT2D eigenvalue weighted by molar-refractivity contribution is -0.384. The molecule has 3 aromatic rings. The summed E-state index contributed by atoms with van der Waals surface area (Å²) in [4.78, 5) is 27.8. The molecule has 1 aromatic heterocycles. The molecule has 0 bridgehead atoms. The predicted octanol–water partition coefficient (Wildman–Crippen LogP) is 5.39. The monoisotopic (exact) mass is 421 g/mol. The number of amidine groups is 1. The van der Waals surface area contributed by atoms with E-state index in [4.69, 9.17) is 9.15 Å². The van der Waals surface area contributed by atoms with Gasteiger partial charge in [-0.2, -0.15) is 0 Å². The summed E-state index contributed by atoms with van der Waals surface area (Å²) in [6.45, 7) is 0. The molecule has 0 atom stereocenters. The number of carbonyl (C=O) groups is 1. The van der Waals surface area contributed by atoms with Crippen LogP contribution in [0.15, 0.2) is 75.0 Å². The Hall–Kier alpha value is -3.85. The van der Waals surface area contributed by atoms with E-state index < -0.39 is 4.92 Å². The molecule has 2 heterocycles. The average Bonchev–Trinajstić information content (AvgIpc) is 3.35. The molecule has 9 heteroatoms. The zero-order valence-corrected chi connectivity index (χ0v) is 16.5. The van der Waals surface area contributed by atoms with E-state index in [1.165, 1.54) is 6.07 Å². The smallest absolute Gasteiger partial charge is 0.289 e. The molecule has 1 saturated heterocycles. The number of furan rings is 1. The summed E-state index contributed by atoms with van der Waals surface area (Å²) in [6, 6.07) is 16.8. The first-order valence-corrected chi connectivity index (χ1v) is 9.62. The van der Waals surface area contributed by atoms with Gasteiger partial charge >= 0.3 is 0 Å². The van der Waals surface area contributed by atoms with Gasteiger partial charge in [0.15, 0.2) is 0 Å². The second-order valence-corrected chi connectivity index (χ2v) is 7.17. The number of nitrogens with one attached hydrogen (secondary N) is 1. The van der Waals surface area contributed by atoms with Crippen molar-refractivity contribution in [3.63, 3.8) is 0 Å². The maximum absolute atomic E-state index is 11.9. The molecule has 1 aliphatic heterocycles. The van der Waals surface area contributed by atoms with Gasteiger partial charge in [-0.3, -0.25) is 14.9 Å². The minimum Gasteiger partial charge on any atom is -0.497 e. The van der Waals surface area contributed by atoms with E-state index in [0.717, 1.165) is 11.8 Å². The van der Waals surface area contributed by atoms with Gasteiger partial charge in [0.05, 0.1) is 28.2 Å². The number of benzene rings is 2. The van der Waals surface area contributed by atoms with Crippen LogP contribution in [-0.2, 0) is 0 Å². The number of nitro groups is 1. The topological polar surface area (TPSA) is 107 Å². The van der Waals surface area contributed by atoms with Crippen LogP contribution in [0.3, 0.4) is 0 Å². The van der Waals surface area contributed by atoms with Gasteiger partial charge in [-0.1, -0.05) is 12.1 Å². The van der Waals surface area contributed by atoms with Gasteiger partial charge in [0.25, 0.3) is 10.9 Å². The van der Waals surface area contributed by atoms with Gasteiger partial charge in [0, 0.05) is 6.07 Å². The molecule has 0 radical (unpaired) electrons. The van der Waals surface area contributed by atoms with Crippen molar-refractivity contribution in [2.45, 2.75) is 0 Å². The zero-order valence-electron chi connectivity index (χ0n) is 15.7. The van der Waals surface area contributed by atoms with Crippen LogP contribution in [0.5, 0.6) is 5.75 Å². The summed E-state index contributed by atoms with van der Waals surface area (Å²) >= 11 is 0.996. The SMILES string of the molecule is COc1ccc(N=C2NC(=O)S/C2=C\c2ccc(-c3ccccc3[N+](=O)[O-])o2)cc1. The second kappa shape index (κ2) is 8.26. The quantitative estimate of drug-likeness (QED) is 0.437. The first-order chi connectivity index (χ1) is 14.5. The molecule has 8 nitrogen and oxygen atoms in total. The average molecular weight is 421 g/mol. The number of nitro benzene ring substituents is 1. The predicted molar refractivity (Wildman–Crippen MR) is 115 cm³/mol. The Balaban J connectivity index is 1.64. The summed E-state index contributed by atoms with van der Waals surface area (Å²) in [5, 5.41) is 13.7. The fourth-order valence-electron chi connectivity index (χ4n) is 2.84. The van der Waals surface area contributed by atoms with Crippen molar-refractivity contribution >= 4 is 40.3 Å². The number of nitrogens with zero attached hydrogens (tertiary/aromatic N) is 2. The number of carbonyl (C=O) groups excluding carboxylic acids is 1. The lowest BCUT2D eigenvalue weighted by atomic mass is 10.1. The van der Waals surface area contributed by atoms with Crippen molar-refractivity contribution in [2.24, 2.45) is 4.99 Å². The van der Waals surface area contributed by atoms with Gasteiger partial charge in [-0.05, 0) is 60.3 Å². The molecular weight excluding hydrogens is 406 g/mol. The van der Waals surface area contributed by atoms with Gasteiger partial charge in [0.1, 0.15) is 23.1 Å². The fourth-order valence-corrected chi connectivity index (χ4v) is 3.56. The highest BCUT2D eigenvalue weighted by Crippen LogP contribution is 2.33. The van der Waals surface area contributed by atoms with Crippen molar-refractivity contribution in [1.82, 2.24) is 5.32 Å². The molecular formula is C21H15N3O5S. The summed E-state index contributed by atoms with van der Waals surface area (Å²) in [6.07, 6.45) is 1.67. The van der Waals surface area contributed by atoms with Crippen molar-refractivity contribution in [2.75, 3.05) is 7.11 Å². The van der Waals surface area contributed by atoms with E-state index >= 15 is 0 Å². The standard InChI is InChI=1S/C21H15N3O5S/c1-28-14-8-6-13(7-9-14)22-20-19(30-21(25)23-20)12-15-10-11-18(29-15)16-4-2-3-5-17(16)24(26)27/h2-12H,1H3,(H,22,23,25)/b19-12-.